The number of fused-ring (bicyclic) bond motifs is 1. The van der Waals surface area contributed by atoms with Crippen LogP contribution in [0.2, 0.25) is 0 Å². The van der Waals surface area contributed by atoms with Crippen LogP contribution in [-0.2, 0) is 14.2 Å². The molecule has 3 nitrogen and oxygen atoms in total. The minimum Gasteiger partial charge on any atom is -0.379 e. The SMILES string of the molecule is FCCOCCOCCOCC1C2CC/C=C\CCC21. The zero-order chi connectivity index (χ0) is 14.0. The molecule has 0 heterocycles. The number of hydrogen-bond donors (Lipinski definition) is 0. The highest BCUT2D eigenvalue weighted by molar-refractivity contribution is 5.01. The Morgan fingerprint density at radius 2 is 1.35 bits per heavy atom. The molecule has 0 aromatic carbocycles. The van der Waals surface area contributed by atoms with E-state index in [2.05, 4.69) is 12.2 Å². The molecule has 0 bridgehead atoms. The van der Waals surface area contributed by atoms with Gasteiger partial charge < -0.3 is 14.2 Å². The van der Waals surface area contributed by atoms with Crippen molar-refractivity contribution in [3.8, 4) is 0 Å². The second-order valence-electron chi connectivity index (χ2n) is 5.61. The van der Waals surface area contributed by atoms with E-state index in [1.807, 2.05) is 0 Å². The molecule has 20 heavy (non-hydrogen) atoms. The molecule has 2 atom stereocenters. The molecule has 116 valence electrons. The van der Waals surface area contributed by atoms with Crippen molar-refractivity contribution >= 4 is 0 Å². The zero-order valence-electron chi connectivity index (χ0n) is 12.3. The van der Waals surface area contributed by atoms with Crippen LogP contribution in [0.1, 0.15) is 25.7 Å². The highest BCUT2D eigenvalue weighted by Crippen LogP contribution is 2.52. The molecule has 2 aliphatic carbocycles. The fraction of sp³-hybridized carbons (Fsp3) is 0.875. The van der Waals surface area contributed by atoms with Crippen molar-refractivity contribution < 1.29 is 18.6 Å². The topological polar surface area (TPSA) is 27.7 Å². The van der Waals surface area contributed by atoms with E-state index in [0.29, 0.717) is 26.4 Å². The number of rotatable bonds is 10. The van der Waals surface area contributed by atoms with E-state index in [0.717, 1.165) is 24.4 Å². The van der Waals surface area contributed by atoms with Crippen molar-refractivity contribution in [3.05, 3.63) is 12.2 Å². The van der Waals surface area contributed by atoms with Gasteiger partial charge in [-0.3, -0.25) is 0 Å². The minimum absolute atomic E-state index is 0.166. The Hall–Kier alpha value is -0.450. The molecule has 4 heteroatoms. The van der Waals surface area contributed by atoms with Crippen molar-refractivity contribution in [2.24, 2.45) is 17.8 Å². The van der Waals surface area contributed by atoms with E-state index in [-0.39, 0.29) is 6.61 Å². The summed E-state index contributed by atoms with van der Waals surface area (Å²) in [5.74, 6) is 2.58. The van der Waals surface area contributed by atoms with Gasteiger partial charge in [-0.25, -0.2) is 4.39 Å². The van der Waals surface area contributed by atoms with Gasteiger partial charge >= 0.3 is 0 Å². The van der Waals surface area contributed by atoms with Crippen molar-refractivity contribution in [2.45, 2.75) is 25.7 Å². The molecule has 0 radical (unpaired) electrons. The van der Waals surface area contributed by atoms with Crippen LogP contribution < -0.4 is 0 Å². The maximum Gasteiger partial charge on any atom is 0.113 e. The zero-order valence-corrected chi connectivity index (χ0v) is 12.3. The van der Waals surface area contributed by atoms with Gasteiger partial charge in [-0.1, -0.05) is 12.2 Å². The Balaban J connectivity index is 1.41. The lowest BCUT2D eigenvalue weighted by molar-refractivity contribution is 0.00929. The molecule has 1 saturated carbocycles. The fourth-order valence-corrected chi connectivity index (χ4v) is 3.15. The first-order valence-electron chi connectivity index (χ1n) is 7.87. The molecule has 2 unspecified atom stereocenters. The highest BCUT2D eigenvalue weighted by atomic mass is 19.1. The standard InChI is InChI=1S/C16H27FO3/c17-7-8-18-9-10-19-11-12-20-13-16-14-5-3-1-2-4-6-15(14)16/h1-2,14-16H,3-13H2/b2-1-. The number of allylic oxidation sites excluding steroid dienone is 2. The maximum absolute atomic E-state index is 11.7. The van der Waals surface area contributed by atoms with E-state index in [1.165, 1.54) is 25.7 Å². The molecular weight excluding hydrogens is 259 g/mol. The summed E-state index contributed by atoms with van der Waals surface area (Å²) in [7, 11) is 0. The third kappa shape index (κ3) is 5.51. The molecule has 1 fully saturated rings. The molecule has 0 aromatic rings. The quantitative estimate of drug-likeness (QED) is 0.456. The molecule has 0 spiro atoms. The van der Waals surface area contributed by atoms with E-state index in [1.54, 1.807) is 0 Å². The van der Waals surface area contributed by atoms with Gasteiger partial charge in [-0.2, -0.15) is 0 Å². The van der Waals surface area contributed by atoms with Crippen molar-refractivity contribution in [1.29, 1.82) is 0 Å². The van der Waals surface area contributed by atoms with Gasteiger partial charge in [0.15, 0.2) is 0 Å². The van der Waals surface area contributed by atoms with E-state index in [9.17, 15) is 4.39 Å². The van der Waals surface area contributed by atoms with Gasteiger partial charge in [0, 0.05) is 0 Å². The molecule has 2 rings (SSSR count). The summed E-state index contributed by atoms with van der Waals surface area (Å²) in [4.78, 5) is 0. The third-order valence-corrected chi connectivity index (χ3v) is 4.28. The predicted octanol–water partition coefficient (Wildman–Crippen LogP) is 3.00. The third-order valence-electron chi connectivity index (χ3n) is 4.28. The summed E-state index contributed by atoms with van der Waals surface area (Å²) in [5, 5.41) is 0. The van der Waals surface area contributed by atoms with Crippen LogP contribution in [0, 0.1) is 17.8 Å². The van der Waals surface area contributed by atoms with Crippen LogP contribution in [0.4, 0.5) is 4.39 Å². The van der Waals surface area contributed by atoms with Gasteiger partial charge in [0.25, 0.3) is 0 Å². The maximum atomic E-state index is 11.7. The lowest BCUT2D eigenvalue weighted by atomic mass is 10.1. The van der Waals surface area contributed by atoms with Crippen molar-refractivity contribution in [2.75, 3.05) is 46.3 Å². The average molecular weight is 286 g/mol. The van der Waals surface area contributed by atoms with E-state index in [4.69, 9.17) is 14.2 Å². The first-order chi connectivity index (χ1) is 9.93. The second-order valence-corrected chi connectivity index (χ2v) is 5.61. The Labute approximate surface area is 121 Å². The smallest absolute Gasteiger partial charge is 0.113 e. The fourth-order valence-electron chi connectivity index (χ4n) is 3.15. The largest absolute Gasteiger partial charge is 0.379 e. The van der Waals surface area contributed by atoms with E-state index < -0.39 is 6.67 Å². The Bertz CT molecular complexity index is 267. The molecule has 0 saturated heterocycles. The van der Waals surface area contributed by atoms with E-state index >= 15 is 0 Å². The Morgan fingerprint density at radius 1 is 0.800 bits per heavy atom. The van der Waals surface area contributed by atoms with Crippen LogP contribution in [0.25, 0.3) is 0 Å². The average Bonchev–Trinajstić information content (AvgIpc) is 3.06. The van der Waals surface area contributed by atoms with Crippen molar-refractivity contribution in [1.82, 2.24) is 0 Å². The molecule has 0 amide bonds. The van der Waals surface area contributed by atoms with Crippen LogP contribution in [0.15, 0.2) is 12.2 Å². The van der Waals surface area contributed by atoms with Gasteiger partial charge in [-0.05, 0) is 43.4 Å². The normalized spacial score (nSPS) is 30.4. The van der Waals surface area contributed by atoms with Crippen LogP contribution in [0.5, 0.6) is 0 Å². The monoisotopic (exact) mass is 286 g/mol. The molecular formula is C16H27FO3. The van der Waals surface area contributed by atoms with Gasteiger partial charge in [0.1, 0.15) is 6.67 Å². The first kappa shape index (κ1) is 15.9. The van der Waals surface area contributed by atoms with Crippen LogP contribution in [-0.4, -0.2) is 46.3 Å². The number of hydrogen-bond acceptors (Lipinski definition) is 3. The van der Waals surface area contributed by atoms with Gasteiger partial charge in [0.05, 0.1) is 39.6 Å². The highest BCUT2D eigenvalue weighted by Gasteiger charge is 2.48. The summed E-state index contributed by atoms with van der Waals surface area (Å²) in [6, 6.07) is 0. The number of alkyl halides is 1. The van der Waals surface area contributed by atoms with Crippen molar-refractivity contribution in [3.63, 3.8) is 0 Å². The lowest BCUT2D eigenvalue weighted by Crippen LogP contribution is -2.11. The predicted molar refractivity (Wildman–Crippen MR) is 76.5 cm³/mol. The molecule has 0 aliphatic heterocycles. The lowest BCUT2D eigenvalue weighted by Gasteiger charge is -2.06. The Morgan fingerprint density at radius 3 is 1.95 bits per heavy atom. The first-order valence-corrected chi connectivity index (χ1v) is 7.87. The molecule has 0 N–H and O–H groups in total. The summed E-state index contributed by atoms with van der Waals surface area (Å²) < 4.78 is 27.8. The summed E-state index contributed by atoms with van der Waals surface area (Å²) in [6.07, 6.45) is 9.78. The Kier molecular flexibility index (Phi) is 7.55. The second kappa shape index (κ2) is 9.48. The summed E-state index contributed by atoms with van der Waals surface area (Å²) in [6.45, 7) is 2.85. The molecule has 2 aliphatic rings. The van der Waals surface area contributed by atoms with Crippen LogP contribution in [0.3, 0.4) is 0 Å². The number of ether oxygens (including phenoxy) is 3. The van der Waals surface area contributed by atoms with Crippen LogP contribution >= 0.6 is 0 Å². The number of halogens is 1. The summed E-state index contributed by atoms with van der Waals surface area (Å²) in [5.41, 5.74) is 0. The summed E-state index contributed by atoms with van der Waals surface area (Å²) >= 11 is 0. The van der Waals surface area contributed by atoms with Gasteiger partial charge in [0.2, 0.25) is 0 Å². The molecule has 0 aromatic heterocycles. The van der Waals surface area contributed by atoms with Gasteiger partial charge in [-0.15, -0.1) is 0 Å². The minimum atomic E-state index is -0.428.